The van der Waals surface area contributed by atoms with Crippen molar-refractivity contribution in [2.75, 3.05) is 5.75 Å². The molecule has 5 nitrogen and oxygen atoms in total. The van der Waals surface area contributed by atoms with E-state index in [0.29, 0.717) is 12.2 Å². The van der Waals surface area contributed by atoms with Crippen LogP contribution in [0.3, 0.4) is 0 Å². The number of hydrogen-bond acceptors (Lipinski definition) is 5. The molecule has 0 saturated carbocycles. The highest BCUT2D eigenvalue weighted by Gasteiger charge is 2.31. The van der Waals surface area contributed by atoms with Crippen LogP contribution in [-0.4, -0.2) is 45.6 Å². The SMILES string of the molecule is CC1OC(O)CC1SC[C@H](N)C(=O)O. The first kappa shape index (κ1) is 11.8. The second kappa shape index (κ2) is 4.97. The van der Waals surface area contributed by atoms with Crippen molar-refractivity contribution in [2.24, 2.45) is 5.73 Å². The minimum absolute atomic E-state index is 0.0454. The van der Waals surface area contributed by atoms with Crippen molar-refractivity contribution < 1.29 is 19.7 Å². The summed E-state index contributed by atoms with van der Waals surface area (Å²) in [7, 11) is 0. The number of nitrogens with two attached hydrogens (primary N) is 1. The Hall–Kier alpha value is -0.300. The third kappa shape index (κ3) is 3.13. The molecule has 3 unspecified atom stereocenters. The molecule has 4 atom stereocenters. The van der Waals surface area contributed by atoms with Crippen molar-refractivity contribution >= 4 is 17.7 Å². The van der Waals surface area contributed by atoms with Gasteiger partial charge in [-0.1, -0.05) is 0 Å². The van der Waals surface area contributed by atoms with Crippen LogP contribution >= 0.6 is 11.8 Å². The van der Waals surface area contributed by atoms with Gasteiger partial charge in [0.05, 0.1) is 6.10 Å². The lowest BCUT2D eigenvalue weighted by molar-refractivity contribution is -0.137. The van der Waals surface area contributed by atoms with E-state index in [4.69, 9.17) is 20.7 Å². The van der Waals surface area contributed by atoms with Crippen LogP contribution in [0.15, 0.2) is 0 Å². The zero-order valence-corrected chi connectivity index (χ0v) is 8.74. The smallest absolute Gasteiger partial charge is 0.321 e. The third-order valence-electron chi connectivity index (χ3n) is 2.14. The molecule has 1 rings (SSSR count). The highest BCUT2D eigenvalue weighted by atomic mass is 32.2. The zero-order chi connectivity index (χ0) is 10.7. The van der Waals surface area contributed by atoms with Crippen molar-refractivity contribution in [1.82, 2.24) is 0 Å². The minimum atomic E-state index is -0.996. The monoisotopic (exact) mass is 221 g/mol. The molecule has 1 saturated heterocycles. The fourth-order valence-electron chi connectivity index (χ4n) is 1.28. The Morgan fingerprint density at radius 3 is 2.86 bits per heavy atom. The standard InChI is InChI=1S/C8H15NO4S/c1-4-6(2-7(10)13-4)14-3-5(9)8(11)12/h4-7,10H,2-3,9H2,1H3,(H,11,12)/t4?,5-,6?,7?/m0/s1. The van der Waals surface area contributed by atoms with Gasteiger partial charge in [0, 0.05) is 17.4 Å². The Kier molecular flexibility index (Phi) is 4.18. The number of carbonyl (C=O) groups is 1. The first-order valence-electron chi connectivity index (χ1n) is 4.44. The van der Waals surface area contributed by atoms with E-state index in [0.717, 1.165) is 0 Å². The van der Waals surface area contributed by atoms with Gasteiger partial charge in [-0.05, 0) is 6.92 Å². The average Bonchev–Trinajstić information content (AvgIpc) is 2.40. The van der Waals surface area contributed by atoms with Crippen molar-refractivity contribution in [2.45, 2.75) is 37.0 Å². The topological polar surface area (TPSA) is 92.8 Å². The van der Waals surface area contributed by atoms with Crippen LogP contribution in [0.4, 0.5) is 0 Å². The first-order valence-corrected chi connectivity index (χ1v) is 5.49. The van der Waals surface area contributed by atoms with Gasteiger partial charge in [-0.2, -0.15) is 11.8 Å². The van der Waals surface area contributed by atoms with Crippen LogP contribution in [0, 0.1) is 0 Å². The Morgan fingerprint density at radius 2 is 2.43 bits per heavy atom. The maximum Gasteiger partial charge on any atom is 0.321 e. The van der Waals surface area contributed by atoms with E-state index >= 15 is 0 Å². The van der Waals surface area contributed by atoms with Crippen molar-refractivity contribution in [1.29, 1.82) is 0 Å². The molecular weight excluding hydrogens is 206 g/mol. The van der Waals surface area contributed by atoms with Crippen LogP contribution < -0.4 is 5.73 Å². The fraction of sp³-hybridized carbons (Fsp3) is 0.875. The number of thioether (sulfide) groups is 1. The van der Waals surface area contributed by atoms with Crippen molar-refractivity contribution in [3.63, 3.8) is 0 Å². The summed E-state index contributed by atoms with van der Waals surface area (Å²) in [5, 5.41) is 17.9. The maximum absolute atomic E-state index is 10.4. The fourth-order valence-corrected chi connectivity index (χ4v) is 2.52. The van der Waals surface area contributed by atoms with Gasteiger partial charge in [0.1, 0.15) is 6.04 Å². The van der Waals surface area contributed by atoms with Gasteiger partial charge in [-0.25, -0.2) is 0 Å². The molecule has 4 N–H and O–H groups in total. The predicted octanol–water partition coefficient (Wildman–Crippen LogP) is -0.373. The molecule has 0 aromatic carbocycles. The molecule has 0 bridgehead atoms. The van der Waals surface area contributed by atoms with E-state index in [1.54, 1.807) is 0 Å². The number of aliphatic carboxylic acids is 1. The van der Waals surface area contributed by atoms with Gasteiger partial charge >= 0.3 is 5.97 Å². The summed E-state index contributed by atoms with van der Waals surface area (Å²) < 4.78 is 5.11. The van der Waals surface area contributed by atoms with Crippen LogP contribution in [0.25, 0.3) is 0 Å². The van der Waals surface area contributed by atoms with Gasteiger partial charge in [0.15, 0.2) is 6.29 Å². The molecule has 0 amide bonds. The minimum Gasteiger partial charge on any atom is -0.480 e. The Bertz CT molecular complexity index is 214. The van der Waals surface area contributed by atoms with Crippen molar-refractivity contribution in [3.8, 4) is 0 Å². The summed E-state index contributed by atoms with van der Waals surface area (Å²) >= 11 is 1.44. The van der Waals surface area contributed by atoms with E-state index in [1.165, 1.54) is 11.8 Å². The molecule has 82 valence electrons. The number of aliphatic hydroxyl groups excluding tert-OH is 1. The van der Waals surface area contributed by atoms with Gasteiger partial charge in [0.2, 0.25) is 0 Å². The first-order chi connectivity index (χ1) is 6.50. The second-order valence-corrected chi connectivity index (χ2v) is 4.62. The van der Waals surface area contributed by atoms with Gasteiger partial charge in [0.25, 0.3) is 0 Å². The summed E-state index contributed by atoms with van der Waals surface area (Å²) in [5.74, 6) is -0.648. The van der Waals surface area contributed by atoms with Crippen molar-refractivity contribution in [3.05, 3.63) is 0 Å². The molecule has 1 aliphatic rings. The van der Waals surface area contributed by atoms with E-state index in [1.807, 2.05) is 6.92 Å². The highest BCUT2D eigenvalue weighted by Crippen LogP contribution is 2.29. The lowest BCUT2D eigenvalue weighted by Crippen LogP contribution is -2.33. The summed E-state index contributed by atoms with van der Waals surface area (Å²) in [5.41, 5.74) is 5.35. The number of carboxylic acids is 1. The maximum atomic E-state index is 10.4. The molecule has 1 heterocycles. The van der Waals surface area contributed by atoms with E-state index in [2.05, 4.69) is 0 Å². The summed E-state index contributed by atoms with van der Waals surface area (Å²) in [6, 6.07) is -0.843. The highest BCUT2D eigenvalue weighted by molar-refractivity contribution is 8.00. The third-order valence-corrected chi connectivity index (χ3v) is 3.69. The Morgan fingerprint density at radius 1 is 1.79 bits per heavy atom. The largest absolute Gasteiger partial charge is 0.480 e. The van der Waals surface area contributed by atoms with Gasteiger partial charge in [-0.15, -0.1) is 0 Å². The molecule has 14 heavy (non-hydrogen) atoms. The summed E-state index contributed by atoms with van der Waals surface area (Å²) in [6.07, 6.45) is -0.224. The molecule has 1 aliphatic heterocycles. The molecule has 0 aromatic heterocycles. The lowest BCUT2D eigenvalue weighted by atomic mass is 10.2. The van der Waals surface area contributed by atoms with Crippen LogP contribution in [-0.2, 0) is 9.53 Å². The molecule has 0 aromatic rings. The number of ether oxygens (including phenoxy) is 1. The zero-order valence-electron chi connectivity index (χ0n) is 7.92. The molecule has 0 spiro atoms. The molecular formula is C8H15NO4S. The number of hydrogen-bond donors (Lipinski definition) is 3. The number of carboxylic acid groups (broad SMARTS) is 1. The van der Waals surface area contributed by atoms with E-state index < -0.39 is 18.3 Å². The molecule has 6 heteroatoms. The number of aliphatic hydroxyl groups is 1. The summed E-state index contributed by atoms with van der Waals surface area (Å²) in [4.78, 5) is 10.4. The Balaban J connectivity index is 2.28. The second-order valence-electron chi connectivity index (χ2n) is 3.35. The average molecular weight is 221 g/mol. The van der Waals surface area contributed by atoms with Crippen LogP contribution in [0.2, 0.25) is 0 Å². The summed E-state index contributed by atoms with van der Waals surface area (Å²) in [6.45, 7) is 1.86. The normalized spacial score (nSPS) is 34.4. The molecule has 0 aliphatic carbocycles. The van der Waals surface area contributed by atoms with E-state index in [-0.39, 0.29) is 11.4 Å². The van der Waals surface area contributed by atoms with Gasteiger partial charge in [-0.3, -0.25) is 4.79 Å². The predicted molar refractivity (Wildman–Crippen MR) is 53.0 cm³/mol. The van der Waals surface area contributed by atoms with Gasteiger partial charge < -0.3 is 20.7 Å². The molecule has 1 fully saturated rings. The van der Waals surface area contributed by atoms with Crippen LogP contribution in [0.1, 0.15) is 13.3 Å². The van der Waals surface area contributed by atoms with Crippen LogP contribution in [0.5, 0.6) is 0 Å². The number of rotatable bonds is 4. The lowest BCUT2D eigenvalue weighted by Gasteiger charge is -2.14. The Labute approximate surface area is 86.6 Å². The molecule has 0 radical (unpaired) electrons. The van der Waals surface area contributed by atoms with E-state index in [9.17, 15) is 4.79 Å². The quantitative estimate of drug-likeness (QED) is 0.599.